The van der Waals surface area contributed by atoms with E-state index >= 15 is 0 Å². The largest absolute Gasteiger partial charge is 0.275 e. The van der Waals surface area contributed by atoms with E-state index in [1.165, 1.54) is 0 Å². The Morgan fingerprint density at radius 3 is 2.21 bits per heavy atom. The molecule has 104 valence electrons. The molecule has 0 fully saturated rings. The van der Waals surface area contributed by atoms with Crippen molar-refractivity contribution in [2.24, 2.45) is 0 Å². The second-order valence-corrected chi connectivity index (χ2v) is 3.86. The lowest BCUT2D eigenvalue weighted by Gasteiger charge is -2.24. The molecule has 1 heterocycles. The van der Waals surface area contributed by atoms with Gasteiger partial charge in [-0.2, -0.15) is 5.26 Å². The normalized spacial score (nSPS) is 10.1. The lowest BCUT2D eigenvalue weighted by atomic mass is 10.1. The third kappa shape index (κ3) is 3.13. The molecule has 0 bridgehead atoms. The molecule has 1 aromatic rings. The van der Waals surface area contributed by atoms with Crippen molar-refractivity contribution in [3.63, 3.8) is 0 Å². The fourth-order valence-electron chi connectivity index (χ4n) is 1.84. The minimum Gasteiger partial charge on any atom is -0.275 e. The summed E-state index contributed by atoms with van der Waals surface area (Å²) in [4.78, 5) is 15.0. The molecule has 1 rings (SSSR count). The van der Waals surface area contributed by atoms with Gasteiger partial charge in [0, 0.05) is 13.1 Å². The van der Waals surface area contributed by atoms with Crippen LogP contribution in [0.4, 0.5) is 11.6 Å². The Hall–Kier alpha value is -1.84. The first kappa shape index (κ1) is 15.2. The predicted molar refractivity (Wildman–Crippen MR) is 73.7 cm³/mol. The first-order valence-electron chi connectivity index (χ1n) is 6.17. The van der Waals surface area contributed by atoms with Crippen LogP contribution in [0.5, 0.6) is 0 Å². The van der Waals surface area contributed by atoms with Crippen LogP contribution in [-0.2, 0) is 9.68 Å². The van der Waals surface area contributed by atoms with Gasteiger partial charge < -0.3 is 0 Å². The number of aryl methyl sites for hydroxylation is 1. The van der Waals surface area contributed by atoms with Gasteiger partial charge in [-0.25, -0.2) is 15.1 Å². The quantitative estimate of drug-likeness (QED) is 0.733. The Balaban J connectivity index is 3.38. The zero-order chi connectivity index (χ0) is 14.4. The number of pyridine rings is 1. The molecule has 1 aromatic heterocycles. The maximum Gasteiger partial charge on any atom is 0.173 e. The number of nitriles is 1. The third-order valence-electron chi connectivity index (χ3n) is 2.80. The van der Waals surface area contributed by atoms with Gasteiger partial charge in [0.25, 0.3) is 0 Å². The van der Waals surface area contributed by atoms with Gasteiger partial charge in [0.1, 0.15) is 6.07 Å². The highest BCUT2D eigenvalue weighted by atomic mass is 16.7. The van der Waals surface area contributed by atoms with E-state index in [2.05, 4.69) is 11.1 Å². The molecule has 0 amide bonds. The fraction of sp³-hybridized carbons (Fsp3) is 0.538. The number of anilines is 2. The number of hydrogen-bond donors (Lipinski definition) is 0. The first-order valence-corrected chi connectivity index (χ1v) is 6.17. The Kier molecular flexibility index (Phi) is 5.55. The van der Waals surface area contributed by atoms with Crippen LogP contribution >= 0.6 is 0 Å². The molecule has 0 atom stereocenters. The van der Waals surface area contributed by atoms with Crippen LogP contribution < -0.4 is 10.1 Å². The van der Waals surface area contributed by atoms with Gasteiger partial charge in [-0.1, -0.05) is 0 Å². The predicted octanol–water partition coefficient (Wildman–Crippen LogP) is 2.04. The molecule has 6 nitrogen and oxygen atoms in total. The average molecular weight is 264 g/mol. The van der Waals surface area contributed by atoms with Gasteiger partial charge in [0.2, 0.25) is 0 Å². The summed E-state index contributed by atoms with van der Waals surface area (Å²) in [6, 6.07) is 4.00. The second-order valence-electron chi connectivity index (χ2n) is 3.86. The monoisotopic (exact) mass is 264 g/mol. The maximum absolute atomic E-state index is 9.27. The molecule has 6 heteroatoms. The van der Waals surface area contributed by atoms with E-state index in [1.807, 2.05) is 26.8 Å². The van der Waals surface area contributed by atoms with Crippen LogP contribution in [0.25, 0.3) is 0 Å². The highest BCUT2D eigenvalue weighted by molar-refractivity contribution is 5.61. The highest BCUT2D eigenvalue weighted by Crippen LogP contribution is 2.26. The number of hydroxylamine groups is 2. The summed E-state index contributed by atoms with van der Waals surface area (Å²) >= 11 is 0. The number of rotatable bonds is 6. The van der Waals surface area contributed by atoms with Gasteiger partial charge in [0.05, 0.1) is 19.8 Å². The van der Waals surface area contributed by atoms with Crippen molar-refractivity contribution in [3.05, 3.63) is 17.2 Å². The third-order valence-corrected chi connectivity index (χ3v) is 2.80. The van der Waals surface area contributed by atoms with Gasteiger partial charge in [0.15, 0.2) is 11.6 Å². The van der Waals surface area contributed by atoms with E-state index in [0.29, 0.717) is 30.3 Å². The van der Waals surface area contributed by atoms with Gasteiger partial charge in [-0.3, -0.25) is 9.68 Å². The van der Waals surface area contributed by atoms with Crippen LogP contribution in [0.2, 0.25) is 0 Å². The molecule has 0 aliphatic heterocycles. The van der Waals surface area contributed by atoms with Crippen molar-refractivity contribution in [1.29, 1.82) is 5.26 Å². The molecule has 0 saturated heterocycles. The Bertz CT molecular complexity index is 462. The summed E-state index contributed by atoms with van der Waals surface area (Å²) in [6.45, 7) is 7.03. The van der Waals surface area contributed by atoms with Crippen molar-refractivity contribution in [2.75, 3.05) is 37.4 Å². The van der Waals surface area contributed by atoms with Gasteiger partial charge in [-0.05, 0) is 32.4 Å². The van der Waals surface area contributed by atoms with Crippen LogP contribution in [0.1, 0.15) is 25.0 Å². The highest BCUT2D eigenvalue weighted by Gasteiger charge is 2.17. The molecule has 0 saturated carbocycles. The summed E-state index contributed by atoms with van der Waals surface area (Å²) in [5, 5.41) is 12.5. The Labute approximate surface area is 114 Å². The molecule has 0 aliphatic carbocycles. The van der Waals surface area contributed by atoms with Crippen LogP contribution in [-0.4, -0.2) is 32.3 Å². The molecule has 19 heavy (non-hydrogen) atoms. The van der Waals surface area contributed by atoms with Crippen LogP contribution in [0.3, 0.4) is 0 Å². The van der Waals surface area contributed by atoms with Crippen molar-refractivity contribution in [1.82, 2.24) is 4.98 Å². The van der Waals surface area contributed by atoms with Crippen molar-refractivity contribution in [3.8, 4) is 6.07 Å². The average Bonchev–Trinajstić information content (AvgIpc) is 2.41. The van der Waals surface area contributed by atoms with Gasteiger partial charge in [-0.15, -0.1) is 0 Å². The maximum atomic E-state index is 9.27. The molecule has 0 N–H and O–H groups in total. The van der Waals surface area contributed by atoms with E-state index in [1.54, 1.807) is 24.3 Å². The number of nitrogens with zero attached hydrogens (tertiary/aromatic N) is 4. The summed E-state index contributed by atoms with van der Waals surface area (Å²) < 4.78 is 0. The topological polar surface area (TPSA) is 61.6 Å². The number of aromatic nitrogens is 1. The Morgan fingerprint density at radius 1 is 1.21 bits per heavy atom. The fourth-order valence-corrected chi connectivity index (χ4v) is 1.84. The summed E-state index contributed by atoms with van der Waals surface area (Å²) in [5.41, 5.74) is 1.35. The summed E-state index contributed by atoms with van der Waals surface area (Å²) in [6.07, 6.45) is 0. The Morgan fingerprint density at radius 2 is 1.79 bits per heavy atom. The molecular formula is C13H20N4O2. The van der Waals surface area contributed by atoms with Crippen LogP contribution in [0.15, 0.2) is 6.07 Å². The minimum atomic E-state index is 0.512. The number of hydrogen-bond acceptors (Lipinski definition) is 6. The molecule has 0 aromatic carbocycles. The van der Waals surface area contributed by atoms with Crippen LogP contribution in [0, 0.1) is 18.3 Å². The molecular weight excluding hydrogens is 244 g/mol. The van der Waals surface area contributed by atoms with Crippen molar-refractivity contribution in [2.45, 2.75) is 20.8 Å². The minimum absolute atomic E-state index is 0.512. The van der Waals surface area contributed by atoms with E-state index in [4.69, 9.17) is 9.68 Å². The smallest absolute Gasteiger partial charge is 0.173 e. The molecule has 0 radical (unpaired) electrons. The first-order chi connectivity index (χ1) is 9.12. The zero-order valence-electron chi connectivity index (χ0n) is 12.1. The van der Waals surface area contributed by atoms with E-state index in [0.717, 1.165) is 5.56 Å². The standard InChI is InChI=1S/C13H20N4O2/c1-6-16(18-4)12-8-10(3)11(9-14)13(15-12)17(7-2)19-5/h8H,6-7H2,1-5H3. The SMILES string of the molecule is CCN(OC)c1cc(C)c(C#N)c(N(CC)OC)n1. The van der Waals surface area contributed by atoms with E-state index in [9.17, 15) is 5.26 Å². The van der Waals surface area contributed by atoms with E-state index in [-0.39, 0.29) is 0 Å². The van der Waals surface area contributed by atoms with Gasteiger partial charge >= 0.3 is 0 Å². The lowest BCUT2D eigenvalue weighted by Crippen LogP contribution is -2.27. The molecule has 0 unspecified atom stereocenters. The van der Waals surface area contributed by atoms with Crippen molar-refractivity contribution >= 4 is 11.6 Å². The van der Waals surface area contributed by atoms with Crippen molar-refractivity contribution < 1.29 is 9.68 Å². The lowest BCUT2D eigenvalue weighted by molar-refractivity contribution is 0.163. The second kappa shape index (κ2) is 6.92. The molecule has 0 spiro atoms. The molecule has 0 aliphatic rings. The van der Waals surface area contributed by atoms with E-state index < -0.39 is 0 Å². The zero-order valence-corrected chi connectivity index (χ0v) is 12.1. The summed E-state index contributed by atoms with van der Waals surface area (Å²) in [5.74, 6) is 1.17. The summed E-state index contributed by atoms with van der Waals surface area (Å²) in [7, 11) is 3.15.